The first-order valence-corrected chi connectivity index (χ1v) is 8.68. The minimum atomic E-state index is -3.48. The highest BCUT2D eigenvalue weighted by molar-refractivity contribution is 7.89. The van der Waals surface area contributed by atoms with Gasteiger partial charge in [-0.05, 0) is 48.0 Å². The molecule has 0 radical (unpaired) electrons. The van der Waals surface area contributed by atoms with Crippen LogP contribution in [0.4, 0.5) is 0 Å². The summed E-state index contributed by atoms with van der Waals surface area (Å²) in [6.45, 7) is 7.25. The Morgan fingerprint density at radius 3 is 2.38 bits per heavy atom. The summed E-state index contributed by atoms with van der Waals surface area (Å²) < 4.78 is 29.6. The fourth-order valence-corrected chi connectivity index (χ4v) is 3.65. The zero-order valence-corrected chi connectivity index (χ0v) is 14.7. The van der Waals surface area contributed by atoms with Gasteiger partial charge in [0.25, 0.3) is 0 Å². The molecule has 0 spiro atoms. The van der Waals surface area contributed by atoms with Crippen molar-refractivity contribution < 1.29 is 8.42 Å². The smallest absolute Gasteiger partial charge is 0.242 e. The summed E-state index contributed by atoms with van der Waals surface area (Å²) in [7, 11) is 2.21. The third-order valence-electron chi connectivity index (χ3n) is 3.13. The molecule has 0 aliphatic rings. The van der Waals surface area contributed by atoms with Crippen molar-refractivity contribution in [1.29, 1.82) is 0 Å². The van der Waals surface area contributed by atoms with Crippen molar-refractivity contribution in [2.45, 2.75) is 44.3 Å². The lowest BCUT2D eigenvalue weighted by Crippen LogP contribution is -2.39. The summed E-state index contributed by atoms with van der Waals surface area (Å²) >= 11 is 0. The number of aromatic nitrogens is 1. The maximum atomic E-state index is 12.5. The van der Waals surface area contributed by atoms with E-state index in [1.807, 2.05) is 51.4 Å². The van der Waals surface area contributed by atoms with Gasteiger partial charge in [0.1, 0.15) is 0 Å². The molecule has 122 valence electrons. The van der Waals surface area contributed by atoms with Gasteiger partial charge in [-0.15, -0.1) is 0 Å². The fraction of sp³-hybridized carbons (Fsp3) is 0.714. The minimum absolute atomic E-state index is 0.139. The Labute approximate surface area is 128 Å². The van der Waals surface area contributed by atoms with Crippen molar-refractivity contribution in [2.24, 2.45) is 0 Å². The van der Waals surface area contributed by atoms with Crippen LogP contribution in [-0.4, -0.2) is 51.6 Å². The summed E-state index contributed by atoms with van der Waals surface area (Å²) in [5.41, 5.74) is 0.966. The molecule has 7 heteroatoms. The normalized spacial score (nSPS) is 14.1. The second kappa shape index (κ2) is 7.40. The molecule has 21 heavy (non-hydrogen) atoms. The van der Waals surface area contributed by atoms with E-state index in [2.05, 4.69) is 10.0 Å². The van der Waals surface area contributed by atoms with E-state index in [0.29, 0.717) is 18.0 Å². The molecule has 0 amide bonds. The van der Waals surface area contributed by atoms with Crippen molar-refractivity contribution in [3.05, 3.63) is 18.0 Å². The Hall–Kier alpha value is -0.890. The number of likely N-dealkylation sites (N-methyl/N-ethyl adjacent to an activating group) is 1. The third kappa shape index (κ3) is 5.10. The van der Waals surface area contributed by atoms with E-state index < -0.39 is 10.0 Å². The van der Waals surface area contributed by atoms with Crippen LogP contribution in [0.15, 0.2) is 17.2 Å². The molecule has 0 aliphatic carbocycles. The zero-order valence-electron chi connectivity index (χ0n) is 13.8. The number of nitrogens with zero attached hydrogens (tertiary/aromatic N) is 2. The molecule has 1 unspecified atom stereocenters. The van der Waals surface area contributed by atoms with Gasteiger partial charge < -0.3 is 14.8 Å². The highest BCUT2D eigenvalue weighted by Crippen LogP contribution is 2.19. The summed E-state index contributed by atoms with van der Waals surface area (Å²) in [4.78, 5) is 2.28. The standard InChI is InChI=1S/C14H28N4O2S/c1-11(2)18-10-14(7-13(18)8-15-4)21(19,20)16-12(3)9-17(5)6/h7,10-12,15-16H,8-9H2,1-6H3. The zero-order chi connectivity index (χ0) is 16.2. The number of nitrogens with one attached hydrogen (secondary N) is 2. The molecule has 1 rings (SSSR count). The Kier molecular flexibility index (Phi) is 6.40. The van der Waals surface area contributed by atoms with Crippen LogP contribution in [0.2, 0.25) is 0 Å². The summed E-state index contributed by atoms with van der Waals surface area (Å²) in [5.74, 6) is 0. The lowest BCUT2D eigenvalue weighted by molar-refractivity contribution is 0.370. The number of rotatable bonds is 8. The molecule has 0 saturated carbocycles. The second-order valence-corrected chi connectivity index (χ2v) is 7.70. The van der Waals surface area contributed by atoms with E-state index in [-0.39, 0.29) is 12.1 Å². The van der Waals surface area contributed by atoms with Crippen molar-refractivity contribution in [2.75, 3.05) is 27.7 Å². The van der Waals surface area contributed by atoms with E-state index >= 15 is 0 Å². The lowest BCUT2D eigenvalue weighted by Gasteiger charge is -2.17. The van der Waals surface area contributed by atoms with Gasteiger partial charge in [0.2, 0.25) is 10.0 Å². The molecule has 0 saturated heterocycles. The lowest BCUT2D eigenvalue weighted by atomic mass is 10.3. The van der Waals surface area contributed by atoms with Crippen molar-refractivity contribution in [1.82, 2.24) is 19.5 Å². The topological polar surface area (TPSA) is 66.4 Å². The predicted molar refractivity (Wildman–Crippen MR) is 85.9 cm³/mol. The number of hydrogen-bond donors (Lipinski definition) is 2. The highest BCUT2D eigenvalue weighted by Gasteiger charge is 2.21. The van der Waals surface area contributed by atoms with Gasteiger partial charge in [-0.2, -0.15) is 0 Å². The quantitative estimate of drug-likeness (QED) is 0.751. The molecule has 0 aliphatic heterocycles. The van der Waals surface area contributed by atoms with Crippen molar-refractivity contribution in [3.8, 4) is 0 Å². The van der Waals surface area contributed by atoms with E-state index in [4.69, 9.17) is 0 Å². The van der Waals surface area contributed by atoms with Gasteiger partial charge in [0.05, 0.1) is 4.90 Å². The van der Waals surface area contributed by atoms with Crippen molar-refractivity contribution in [3.63, 3.8) is 0 Å². The molecule has 1 aromatic rings. The first-order chi connectivity index (χ1) is 9.67. The Bertz CT molecular complexity index is 549. The molecule has 6 nitrogen and oxygen atoms in total. The van der Waals surface area contributed by atoms with Gasteiger partial charge in [0.15, 0.2) is 0 Å². The summed E-state index contributed by atoms with van der Waals surface area (Å²) in [5, 5.41) is 3.07. The average molecular weight is 316 g/mol. The van der Waals surface area contributed by atoms with Crippen LogP contribution >= 0.6 is 0 Å². The molecular weight excluding hydrogens is 288 g/mol. The maximum Gasteiger partial charge on any atom is 0.242 e. The van der Waals surface area contributed by atoms with Crippen LogP contribution in [0.3, 0.4) is 0 Å². The molecular formula is C14H28N4O2S. The van der Waals surface area contributed by atoms with E-state index in [1.165, 1.54) is 0 Å². The van der Waals surface area contributed by atoms with Crippen LogP contribution in [0.5, 0.6) is 0 Å². The van der Waals surface area contributed by atoms with Gasteiger partial charge in [-0.25, -0.2) is 13.1 Å². The minimum Gasteiger partial charge on any atom is -0.346 e. The van der Waals surface area contributed by atoms with Crippen LogP contribution < -0.4 is 10.0 Å². The molecule has 1 heterocycles. The van der Waals surface area contributed by atoms with E-state index in [9.17, 15) is 8.42 Å². The molecule has 2 N–H and O–H groups in total. The van der Waals surface area contributed by atoms with E-state index in [0.717, 1.165) is 5.69 Å². The first-order valence-electron chi connectivity index (χ1n) is 7.19. The Balaban J connectivity index is 3.00. The van der Waals surface area contributed by atoms with Gasteiger partial charge >= 0.3 is 0 Å². The van der Waals surface area contributed by atoms with Gasteiger partial charge in [-0.1, -0.05) is 0 Å². The largest absolute Gasteiger partial charge is 0.346 e. The van der Waals surface area contributed by atoms with Crippen LogP contribution in [0.1, 0.15) is 32.5 Å². The number of sulfonamides is 1. The van der Waals surface area contributed by atoms with Gasteiger partial charge in [-0.3, -0.25) is 0 Å². The Morgan fingerprint density at radius 2 is 1.90 bits per heavy atom. The van der Waals surface area contributed by atoms with Crippen LogP contribution in [0.25, 0.3) is 0 Å². The monoisotopic (exact) mass is 316 g/mol. The first kappa shape index (κ1) is 18.2. The molecule has 1 aromatic heterocycles. The summed E-state index contributed by atoms with van der Waals surface area (Å²) in [6.07, 6.45) is 1.71. The predicted octanol–water partition coefficient (Wildman–Crippen LogP) is 1.02. The SMILES string of the molecule is CNCc1cc(S(=O)(=O)NC(C)CN(C)C)cn1C(C)C. The van der Waals surface area contributed by atoms with Crippen LogP contribution in [-0.2, 0) is 16.6 Å². The number of hydrogen-bond acceptors (Lipinski definition) is 4. The molecule has 0 aromatic carbocycles. The van der Waals surface area contributed by atoms with Crippen LogP contribution in [0, 0.1) is 0 Å². The third-order valence-corrected chi connectivity index (χ3v) is 4.68. The fourth-order valence-electron chi connectivity index (χ4n) is 2.37. The highest BCUT2D eigenvalue weighted by atomic mass is 32.2. The average Bonchev–Trinajstić information content (AvgIpc) is 2.72. The Morgan fingerprint density at radius 1 is 1.29 bits per heavy atom. The maximum absolute atomic E-state index is 12.5. The second-order valence-electron chi connectivity index (χ2n) is 5.98. The summed E-state index contributed by atoms with van der Waals surface area (Å²) in [6, 6.07) is 1.82. The molecule has 0 fully saturated rings. The van der Waals surface area contributed by atoms with E-state index in [1.54, 1.807) is 12.3 Å². The van der Waals surface area contributed by atoms with Gasteiger partial charge in [0, 0.05) is 37.1 Å². The van der Waals surface area contributed by atoms with Crippen molar-refractivity contribution >= 4 is 10.0 Å². The molecule has 0 bridgehead atoms. The molecule has 1 atom stereocenters.